The van der Waals surface area contributed by atoms with Crippen LogP contribution in [0, 0.1) is 6.92 Å². The van der Waals surface area contributed by atoms with Gasteiger partial charge in [-0.15, -0.1) is 0 Å². The van der Waals surface area contributed by atoms with Gasteiger partial charge in [-0.05, 0) is 71.8 Å². The molecule has 0 fully saturated rings. The molecule has 260 valence electrons. The molecule has 0 unspecified atom stereocenters. The molecule has 3 aromatic heterocycles. The quantitative estimate of drug-likeness (QED) is 0.164. The maximum Gasteiger partial charge on any atom is 0.299 e. The van der Waals surface area contributed by atoms with Gasteiger partial charge in [-0.1, -0.05) is 109 Å². The van der Waals surface area contributed by atoms with Crippen molar-refractivity contribution >= 4 is 33.0 Å². The molecule has 0 amide bonds. The molecule has 5 nitrogen and oxygen atoms in total. The number of nitrogens with zero attached hydrogens (tertiary/aromatic N) is 4. The highest BCUT2D eigenvalue weighted by Gasteiger charge is 2.34. The molecule has 0 saturated carbocycles. The molecule has 0 bridgehead atoms. The second kappa shape index (κ2) is 12.6. The molecule has 5 aromatic carbocycles. The van der Waals surface area contributed by atoms with Crippen molar-refractivity contribution in [3.8, 4) is 39.5 Å². The van der Waals surface area contributed by atoms with Gasteiger partial charge < -0.3 is 4.42 Å². The molecule has 0 radical (unpaired) electrons. The molecule has 5 heteroatoms. The maximum absolute atomic E-state index is 6.98. The predicted octanol–water partition coefficient (Wildman–Crippen LogP) is 12.0. The van der Waals surface area contributed by atoms with Gasteiger partial charge in [-0.3, -0.25) is 4.98 Å². The number of imidazole rings is 1. The van der Waals surface area contributed by atoms with Crippen LogP contribution in [-0.2, 0) is 12.5 Å². The zero-order valence-electron chi connectivity index (χ0n) is 31.7. The lowest BCUT2D eigenvalue weighted by atomic mass is 9.88. The van der Waals surface area contributed by atoms with Crippen molar-refractivity contribution in [2.24, 2.45) is 7.05 Å². The molecule has 8 rings (SSSR count). The van der Waals surface area contributed by atoms with Gasteiger partial charge in [0, 0.05) is 39.1 Å². The van der Waals surface area contributed by atoms with E-state index in [1.165, 1.54) is 39.0 Å². The average Bonchev–Trinajstić information content (AvgIpc) is 3.65. The van der Waals surface area contributed by atoms with Crippen molar-refractivity contribution in [3.63, 3.8) is 0 Å². The summed E-state index contributed by atoms with van der Waals surface area (Å²) in [5.74, 6) is 1.68. The summed E-state index contributed by atoms with van der Waals surface area (Å²) >= 11 is 0. The third kappa shape index (κ3) is 5.51. The number of benzene rings is 5. The molecule has 3 heterocycles. The lowest BCUT2D eigenvalue weighted by Gasteiger charge is -2.21. The van der Waals surface area contributed by atoms with Crippen LogP contribution in [0.2, 0.25) is 0 Å². The molecular weight excluding hydrogens is 637 g/mol. The first-order valence-corrected chi connectivity index (χ1v) is 18.4. The van der Waals surface area contributed by atoms with E-state index in [1.807, 2.05) is 12.4 Å². The molecular formula is C47H47N4O+. The van der Waals surface area contributed by atoms with Crippen LogP contribution in [0.5, 0.6) is 0 Å². The molecule has 0 aliphatic heterocycles. The lowest BCUT2D eigenvalue weighted by molar-refractivity contribution is -0.633. The molecule has 0 spiro atoms. The van der Waals surface area contributed by atoms with Gasteiger partial charge in [0.1, 0.15) is 16.8 Å². The van der Waals surface area contributed by atoms with Crippen LogP contribution in [0.4, 0.5) is 0 Å². The SMILES string of the molecule is Cc1ccc2c(oc3cc(-c4cncc(C(C)(C)C)n4)ccc32)c1-c1n(-c2c(C(C)C)cc(-c3ccccc3)cc2C(C)C)c2ccccc2[n+]1C. The van der Waals surface area contributed by atoms with E-state index in [2.05, 4.69) is 174 Å². The minimum absolute atomic E-state index is 0.0976. The molecule has 52 heavy (non-hydrogen) atoms. The van der Waals surface area contributed by atoms with Gasteiger partial charge in [-0.25, -0.2) is 9.55 Å². The highest BCUT2D eigenvalue weighted by Crippen LogP contribution is 2.43. The van der Waals surface area contributed by atoms with E-state index in [9.17, 15) is 0 Å². The van der Waals surface area contributed by atoms with Crippen molar-refractivity contribution < 1.29 is 8.98 Å². The number of aryl methyl sites for hydroxylation is 2. The van der Waals surface area contributed by atoms with Crippen molar-refractivity contribution in [2.75, 3.05) is 0 Å². The topological polar surface area (TPSA) is 47.7 Å². The Bertz CT molecular complexity index is 2600. The minimum atomic E-state index is -0.0976. The van der Waals surface area contributed by atoms with E-state index in [4.69, 9.17) is 9.40 Å². The first-order valence-electron chi connectivity index (χ1n) is 18.4. The van der Waals surface area contributed by atoms with E-state index in [0.29, 0.717) is 0 Å². The Morgan fingerprint density at radius 2 is 1.38 bits per heavy atom. The first-order chi connectivity index (χ1) is 24.9. The number of furan rings is 1. The summed E-state index contributed by atoms with van der Waals surface area (Å²) in [7, 11) is 2.19. The number of fused-ring (bicyclic) bond motifs is 4. The highest BCUT2D eigenvalue weighted by atomic mass is 16.3. The van der Waals surface area contributed by atoms with Crippen LogP contribution in [0.25, 0.3) is 72.4 Å². The van der Waals surface area contributed by atoms with Crippen molar-refractivity contribution in [3.05, 3.63) is 132 Å². The first kappa shape index (κ1) is 33.6. The molecule has 0 N–H and O–H groups in total. The Hall–Kier alpha value is -5.55. The van der Waals surface area contributed by atoms with Gasteiger partial charge in [0.25, 0.3) is 5.82 Å². The fourth-order valence-electron chi connectivity index (χ4n) is 7.68. The number of hydrogen-bond acceptors (Lipinski definition) is 3. The van der Waals surface area contributed by atoms with Crippen LogP contribution in [-0.4, -0.2) is 14.5 Å². The summed E-state index contributed by atoms with van der Waals surface area (Å²) in [5, 5.41) is 2.18. The number of para-hydroxylation sites is 2. The summed E-state index contributed by atoms with van der Waals surface area (Å²) in [6.45, 7) is 17.9. The molecule has 0 saturated heterocycles. The Labute approximate surface area is 306 Å². The summed E-state index contributed by atoms with van der Waals surface area (Å²) in [6, 6.07) is 35.2. The van der Waals surface area contributed by atoms with Gasteiger partial charge in [0.05, 0.1) is 24.6 Å². The monoisotopic (exact) mass is 683 g/mol. The third-order valence-electron chi connectivity index (χ3n) is 10.5. The van der Waals surface area contributed by atoms with Gasteiger partial charge in [0.2, 0.25) is 0 Å². The van der Waals surface area contributed by atoms with E-state index in [0.717, 1.165) is 55.8 Å². The summed E-state index contributed by atoms with van der Waals surface area (Å²) in [6.07, 6.45) is 3.71. The zero-order valence-corrected chi connectivity index (χ0v) is 31.7. The van der Waals surface area contributed by atoms with Crippen LogP contribution < -0.4 is 4.57 Å². The lowest BCUT2D eigenvalue weighted by Crippen LogP contribution is -2.30. The Kier molecular flexibility index (Phi) is 8.13. The molecule has 0 aliphatic carbocycles. The maximum atomic E-state index is 6.98. The number of rotatable bonds is 6. The summed E-state index contributed by atoms with van der Waals surface area (Å²) in [5.41, 5.74) is 15.4. The largest absolute Gasteiger partial charge is 0.455 e. The van der Waals surface area contributed by atoms with E-state index in [1.54, 1.807) is 0 Å². The average molecular weight is 684 g/mol. The van der Waals surface area contributed by atoms with Crippen LogP contribution in [0.15, 0.2) is 114 Å². The predicted molar refractivity (Wildman–Crippen MR) is 215 cm³/mol. The second-order valence-corrected chi connectivity index (χ2v) is 15.9. The van der Waals surface area contributed by atoms with Crippen molar-refractivity contribution in [1.82, 2.24) is 14.5 Å². The Balaban J connectivity index is 1.42. The van der Waals surface area contributed by atoms with Crippen LogP contribution in [0.1, 0.15) is 82.7 Å². The van der Waals surface area contributed by atoms with Crippen LogP contribution >= 0.6 is 0 Å². The fourth-order valence-corrected chi connectivity index (χ4v) is 7.68. The number of hydrogen-bond donors (Lipinski definition) is 0. The summed E-state index contributed by atoms with van der Waals surface area (Å²) in [4.78, 5) is 9.54. The van der Waals surface area contributed by atoms with E-state index < -0.39 is 0 Å². The Morgan fingerprint density at radius 1 is 0.712 bits per heavy atom. The van der Waals surface area contributed by atoms with Crippen LogP contribution in [0.3, 0.4) is 0 Å². The third-order valence-corrected chi connectivity index (χ3v) is 10.5. The van der Waals surface area contributed by atoms with E-state index >= 15 is 0 Å². The normalized spacial score (nSPS) is 12.3. The molecule has 0 aliphatic rings. The number of aromatic nitrogens is 4. The smallest absolute Gasteiger partial charge is 0.299 e. The molecule has 8 aromatic rings. The van der Waals surface area contributed by atoms with Crippen molar-refractivity contribution in [2.45, 2.75) is 72.6 Å². The fraction of sp³-hybridized carbons (Fsp3) is 0.255. The Morgan fingerprint density at radius 3 is 2.08 bits per heavy atom. The minimum Gasteiger partial charge on any atom is -0.455 e. The van der Waals surface area contributed by atoms with Gasteiger partial charge in [-0.2, -0.15) is 4.57 Å². The van der Waals surface area contributed by atoms with Gasteiger partial charge >= 0.3 is 0 Å². The summed E-state index contributed by atoms with van der Waals surface area (Å²) < 4.78 is 11.8. The zero-order chi connectivity index (χ0) is 36.5. The second-order valence-electron chi connectivity index (χ2n) is 15.9. The standard InChI is InChI=1S/C47H47N4O/c1-28(2)36-23-33(31-15-11-10-12-16-31)24-37(29(3)4)44(36)51-40-18-14-13-17-39(40)50(9)46(51)43-30(5)19-21-35-34-22-20-32(25-41(34)52-45(35)43)38-26-48-27-42(49-38)47(6,7)8/h10-29H,1-9H3/q+1. The highest BCUT2D eigenvalue weighted by molar-refractivity contribution is 6.10. The van der Waals surface area contributed by atoms with Crippen molar-refractivity contribution in [1.29, 1.82) is 0 Å². The van der Waals surface area contributed by atoms with E-state index in [-0.39, 0.29) is 17.3 Å². The molecule has 0 atom stereocenters. The van der Waals surface area contributed by atoms with Gasteiger partial charge in [0.15, 0.2) is 16.6 Å².